The number of Topliss-reactive ketones (excluding diaryl/α,β-unsaturated/α-hetero) is 1. The predicted octanol–water partition coefficient (Wildman–Crippen LogP) is 0.881. The first-order valence-corrected chi connectivity index (χ1v) is 16.2. The van der Waals surface area contributed by atoms with Gasteiger partial charge in [-0.3, -0.25) is 19.1 Å². The molecule has 0 atom stereocenters. The zero-order valence-electron chi connectivity index (χ0n) is 26.6. The topological polar surface area (TPSA) is 218 Å². The minimum Gasteiger partial charge on any atom is -0.480 e. The molecule has 262 valence electrons. The van der Waals surface area contributed by atoms with Gasteiger partial charge in [0.2, 0.25) is 5.91 Å². The van der Waals surface area contributed by atoms with Crippen molar-refractivity contribution in [2.75, 3.05) is 83.9 Å². The molecule has 16 nitrogen and oxygen atoms in total. The molecule has 0 saturated heterocycles. The Morgan fingerprint density at radius 1 is 0.745 bits per heavy atom. The van der Waals surface area contributed by atoms with Crippen molar-refractivity contribution in [2.45, 2.75) is 25.2 Å². The molecule has 0 unspecified atom stereocenters. The second-order valence-electron chi connectivity index (χ2n) is 9.43. The Hall–Kier alpha value is -4.00. The summed E-state index contributed by atoms with van der Waals surface area (Å²) in [5.41, 5.74) is 0.263. The number of aromatic nitrogens is 1. The first-order valence-electron chi connectivity index (χ1n) is 14.7. The van der Waals surface area contributed by atoms with Gasteiger partial charge in [0.1, 0.15) is 25.6 Å². The minimum atomic E-state index is -3.77. The second-order valence-corrected chi connectivity index (χ2v) is 11.1. The molecule has 0 aliphatic heterocycles. The van der Waals surface area contributed by atoms with Crippen LogP contribution in [0.2, 0.25) is 0 Å². The van der Waals surface area contributed by atoms with Crippen molar-refractivity contribution in [1.82, 2.24) is 15.6 Å². The van der Waals surface area contributed by atoms with Crippen LogP contribution in [-0.4, -0.2) is 121 Å². The van der Waals surface area contributed by atoms with Gasteiger partial charge in [-0.25, -0.2) is 18.2 Å². The first kappa shape index (κ1) is 41.0. The van der Waals surface area contributed by atoms with E-state index in [0.29, 0.717) is 33.0 Å². The van der Waals surface area contributed by atoms with Crippen LogP contribution >= 0.6 is 0 Å². The number of amides is 2. The molecule has 0 spiro atoms. The van der Waals surface area contributed by atoms with Crippen molar-refractivity contribution >= 4 is 39.4 Å². The van der Waals surface area contributed by atoms with Gasteiger partial charge in [-0.2, -0.15) is 0 Å². The highest BCUT2D eigenvalue weighted by molar-refractivity contribution is 7.92. The predicted molar refractivity (Wildman–Crippen MR) is 170 cm³/mol. The number of rotatable bonds is 24. The van der Waals surface area contributed by atoms with E-state index < -0.39 is 16.0 Å². The third kappa shape index (κ3) is 21.4. The van der Waals surface area contributed by atoms with E-state index in [4.69, 9.17) is 24.1 Å². The number of hydrogen-bond donors (Lipinski definition) is 4. The molecule has 2 amide bonds. The lowest BCUT2D eigenvalue weighted by atomic mass is 10.2. The molecule has 4 N–H and O–H groups in total. The zero-order chi connectivity index (χ0) is 34.8. The highest BCUT2D eigenvalue weighted by atomic mass is 32.2. The maximum Gasteiger partial charge on any atom is 0.329 e. The van der Waals surface area contributed by atoms with E-state index in [9.17, 15) is 27.6 Å². The maximum atomic E-state index is 12.3. The molecule has 0 saturated carbocycles. The smallest absolute Gasteiger partial charge is 0.329 e. The van der Waals surface area contributed by atoms with Crippen molar-refractivity contribution in [2.24, 2.45) is 0 Å². The Morgan fingerprint density at radius 3 is 1.91 bits per heavy atom. The van der Waals surface area contributed by atoms with Gasteiger partial charge in [0.15, 0.2) is 5.78 Å². The lowest BCUT2D eigenvalue weighted by molar-refractivity contribution is -0.142. The van der Waals surface area contributed by atoms with Gasteiger partial charge in [0, 0.05) is 25.9 Å². The monoisotopic (exact) mass is 684 g/mol. The van der Waals surface area contributed by atoms with Gasteiger partial charge >= 0.3 is 5.97 Å². The Bertz CT molecular complexity index is 1300. The normalized spacial score (nSPS) is 10.8. The SMILES string of the molecule is CC(=O)COCCOCCNC(=O)COCCOCCNC(=O)c1ccc(NS(=O)(=O)c2ccccc2)nc1.CCCOCC(=O)O. The highest BCUT2D eigenvalue weighted by Gasteiger charge is 2.14. The lowest BCUT2D eigenvalue weighted by Crippen LogP contribution is -2.31. The van der Waals surface area contributed by atoms with Crippen LogP contribution in [0.1, 0.15) is 30.6 Å². The van der Waals surface area contributed by atoms with E-state index >= 15 is 0 Å². The number of benzene rings is 1. The van der Waals surface area contributed by atoms with Gasteiger partial charge in [-0.1, -0.05) is 25.1 Å². The van der Waals surface area contributed by atoms with Gasteiger partial charge in [0.05, 0.1) is 50.1 Å². The number of carbonyl (C=O) groups is 4. The number of carboxylic acids is 1. The Labute approximate surface area is 274 Å². The number of carbonyl (C=O) groups excluding carboxylic acids is 3. The third-order valence-corrected chi connectivity index (χ3v) is 6.65. The number of aliphatic carboxylic acids is 1. The van der Waals surface area contributed by atoms with Gasteiger partial charge in [-0.05, 0) is 37.6 Å². The van der Waals surface area contributed by atoms with E-state index in [1.54, 1.807) is 18.2 Å². The average Bonchev–Trinajstić information content (AvgIpc) is 3.04. The molecule has 17 heteroatoms. The standard InChI is InChI=1S/C25H34N4O9S.C5H10O3/c1-20(30)18-37-15-13-35-11-9-26-24(31)19-38-16-14-36-12-10-27-25(32)21-7-8-23(28-17-21)29-39(33,34)22-5-3-2-4-6-22;1-2-3-8-4-5(6)7/h2-8,17H,9-16,18-19H2,1H3,(H,26,31)(H,27,32)(H,28,29);2-4H2,1H3,(H,6,7). The number of anilines is 1. The van der Waals surface area contributed by atoms with Crippen molar-refractivity contribution < 1.29 is 56.4 Å². The van der Waals surface area contributed by atoms with E-state index in [0.717, 1.165) is 6.42 Å². The molecule has 1 aromatic heterocycles. The largest absolute Gasteiger partial charge is 0.480 e. The average molecular weight is 685 g/mol. The summed E-state index contributed by atoms with van der Waals surface area (Å²) in [7, 11) is -3.77. The van der Waals surface area contributed by atoms with E-state index in [1.807, 2.05) is 6.92 Å². The first-order chi connectivity index (χ1) is 22.5. The summed E-state index contributed by atoms with van der Waals surface area (Å²) in [6.07, 6.45) is 2.14. The maximum absolute atomic E-state index is 12.3. The molecule has 0 fully saturated rings. The van der Waals surface area contributed by atoms with Crippen LogP contribution in [0.5, 0.6) is 0 Å². The molecular weight excluding hydrogens is 640 g/mol. The van der Waals surface area contributed by atoms with Crippen LogP contribution < -0.4 is 15.4 Å². The highest BCUT2D eigenvalue weighted by Crippen LogP contribution is 2.14. The zero-order valence-corrected chi connectivity index (χ0v) is 27.4. The van der Waals surface area contributed by atoms with Crippen molar-refractivity contribution in [3.8, 4) is 0 Å². The van der Waals surface area contributed by atoms with Crippen LogP contribution in [0.3, 0.4) is 0 Å². The van der Waals surface area contributed by atoms with Crippen LogP contribution in [0.15, 0.2) is 53.6 Å². The van der Waals surface area contributed by atoms with Gasteiger partial charge < -0.3 is 39.4 Å². The van der Waals surface area contributed by atoms with E-state index in [-0.39, 0.29) is 80.1 Å². The Balaban J connectivity index is 0.00000122. The number of sulfonamides is 1. The Morgan fingerprint density at radius 2 is 1.34 bits per heavy atom. The summed E-state index contributed by atoms with van der Waals surface area (Å²) in [4.78, 5) is 48.5. The number of ketones is 1. The Kier molecular flexibility index (Phi) is 21.9. The van der Waals surface area contributed by atoms with Crippen LogP contribution in [0, 0.1) is 0 Å². The summed E-state index contributed by atoms with van der Waals surface area (Å²) in [5.74, 6) is -1.53. The van der Waals surface area contributed by atoms with Crippen LogP contribution in [-0.2, 0) is 48.1 Å². The van der Waals surface area contributed by atoms with E-state index in [1.165, 1.54) is 37.4 Å². The van der Waals surface area contributed by atoms with Crippen LogP contribution in [0.4, 0.5) is 5.82 Å². The number of hydrogen-bond acceptors (Lipinski definition) is 12. The molecule has 1 heterocycles. The lowest BCUT2D eigenvalue weighted by Gasteiger charge is -2.09. The van der Waals surface area contributed by atoms with Crippen molar-refractivity contribution in [3.05, 3.63) is 54.2 Å². The number of carboxylic acid groups (broad SMARTS) is 1. The summed E-state index contributed by atoms with van der Waals surface area (Å²) in [5, 5.41) is 13.3. The quantitative estimate of drug-likeness (QED) is 0.113. The summed E-state index contributed by atoms with van der Waals surface area (Å²) in [6, 6.07) is 10.7. The van der Waals surface area contributed by atoms with Crippen molar-refractivity contribution in [3.63, 3.8) is 0 Å². The molecular formula is C30H44N4O12S. The molecule has 1 aromatic carbocycles. The number of ether oxygens (including phenoxy) is 5. The molecule has 2 rings (SSSR count). The van der Waals surface area contributed by atoms with Gasteiger partial charge in [-0.15, -0.1) is 0 Å². The van der Waals surface area contributed by atoms with E-state index in [2.05, 4.69) is 25.1 Å². The summed E-state index contributed by atoms with van der Waals surface area (Å²) in [6.45, 7) is 5.88. The third-order valence-electron chi connectivity index (χ3n) is 5.28. The van der Waals surface area contributed by atoms with Gasteiger partial charge in [0.25, 0.3) is 15.9 Å². The number of pyridine rings is 1. The summed E-state index contributed by atoms with van der Waals surface area (Å²) >= 11 is 0. The van der Waals surface area contributed by atoms with Crippen molar-refractivity contribution in [1.29, 1.82) is 0 Å². The summed E-state index contributed by atoms with van der Waals surface area (Å²) < 4.78 is 52.6. The fourth-order valence-corrected chi connectivity index (χ4v) is 4.19. The molecule has 0 aliphatic carbocycles. The number of nitrogens with zero attached hydrogens (tertiary/aromatic N) is 1. The second kappa shape index (κ2) is 25.1. The van der Waals surface area contributed by atoms with Crippen LogP contribution in [0.25, 0.3) is 0 Å². The molecule has 2 aromatic rings. The molecule has 0 aliphatic rings. The molecule has 0 radical (unpaired) electrons. The fourth-order valence-electron chi connectivity index (χ4n) is 3.16. The number of nitrogens with one attached hydrogen (secondary N) is 3. The molecule has 47 heavy (non-hydrogen) atoms. The fraction of sp³-hybridized carbons (Fsp3) is 0.500. The molecule has 0 bridgehead atoms. The minimum absolute atomic E-state index is 0.0497.